The number of benzene rings is 2. The third kappa shape index (κ3) is 5.00. The Hall–Kier alpha value is -2.20. The fourth-order valence-corrected chi connectivity index (χ4v) is 1.97. The van der Waals surface area contributed by atoms with E-state index < -0.39 is 0 Å². The molecule has 0 saturated carbocycles. The minimum absolute atomic E-state index is 0.480. The van der Waals surface area contributed by atoms with Crippen LogP contribution in [-0.4, -0.2) is 26.9 Å². The first-order chi connectivity index (χ1) is 10.3. The van der Waals surface area contributed by atoms with Gasteiger partial charge in [-0.15, -0.1) is 0 Å². The lowest BCUT2D eigenvalue weighted by Gasteiger charge is -2.10. The number of hydrogen-bond acceptors (Lipinski definition) is 4. The van der Waals surface area contributed by atoms with Crippen LogP contribution in [0.2, 0.25) is 0 Å². The maximum atomic E-state index is 5.67. The number of ether oxygens (including phenoxy) is 3. The summed E-state index contributed by atoms with van der Waals surface area (Å²) in [7, 11) is 1.64. The molecular formula is C17H21NO3. The Balaban J connectivity index is 1.77. The highest BCUT2D eigenvalue weighted by molar-refractivity contribution is 5.32. The van der Waals surface area contributed by atoms with Crippen molar-refractivity contribution in [1.82, 2.24) is 0 Å². The summed E-state index contributed by atoms with van der Waals surface area (Å²) in [5.74, 6) is 2.40. The van der Waals surface area contributed by atoms with Gasteiger partial charge in [-0.3, -0.25) is 0 Å². The molecule has 0 aromatic heterocycles. The molecule has 112 valence electrons. The van der Waals surface area contributed by atoms with Crippen LogP contribution in [0.1, 0.15) is 5.56 Å². The SMILES string of the molecule is COc1cccc(OCCOc2cccc(CCN)c2)c1. The Bertz CT molecular complexity index is 557. The molecular weight excluding hydrogens is 266 g/mol. The van der Waals surface area contributed by atoms with E-state index >= 15 is 0 Å². The summed E-state index contributed by atoms with van der Waals surface area (Å²) in [6, 6.07) is 15.5. The molecule has 2 N–H and O–H groups in total. The lowest BCUT2D eigenvalue weighted by Crippen LogP contribution is -2.09. The standard InChI is InChI=1S/C17H21NO3/c1-19-15-5-3-7-17(13-15)21-11-10-20-16-6-2-4-14(12-16)8-9-18/h2-7,12-13H,8-11,18H2,1H3. The molecule has 0 radical (unpaired) electrons. The fraction of sp³-hybridized carbons (Fsp3) is 0.294. The van der Waals surface area contributed by atoms with Crippen molar-refractivity contribution in [2.75, 3.05) is 26.9 Å². The maximum absolute atomic E-state index is 5.67. The van der Waals surface area contributed by atoms with E-state index in [0.29, 0.717) is 19.8 Å². The molecule has 0 aliphatic rings. The van der Waals surface area contributed by atoms with E-state index in [0.717, 1.165) is 23.7 Å². The summed E-state index contributed by atoms with van der Waals surface area (Å²) >= 11 is 0. The van der Waals surface area contributed by atoms with E-state index in [1.807, 2.05) is 48.5 Å². The van der Waals surface area contributed by atoms with Gasteiger partial charge in [-0.1, -0.05) is 18.2 Å². The van der Waals surface area contributed by atoms with E-state index in [1.54, 1.807) is 7.11 Å². The highest BCUT2D eigenvalue weighted by atomic mass is 16.5. The van der Waals surface area contributed by atoms with Gasteiger partial charge >= 0.3 is 0 Å². The summed E-state index contributed by atoms with van der Waals surface area (Å²) < 4.78 is 16.4. The van der Waals surface area contributed by atoms with Crippen LogP contribution in [0.25, 0.3) is 0 Å². The molecule has 0 bridgehead atoms. The number of nitrogens with two attached hydrogens (primary N) is 1. The van der Waals surface area contributed by atoms with Gasteiger partial charge < -0.3 is 19.9 Å². The van der Waals surface area contributed by atoms with Crippen LogP contribution in [0.3, 0.4) is 0 Å². The molecule has 2 rings (SSSR count). The van der Waals surface area contributed by atoms with Crippen molar-refractivity contribution in [1.29, 1.82) is 0 Å². The Labute approximate surface area is 125 Å². The minimum atomic E-state index is 0.480. The van der Waals surface area contributed by atoms with Crippen LogP contribution >= 0.6 is 0 Å². The number of hydrogen-bond donors (Lipinski definition) is 1. The summed E-state index contributed by atoms with van der Waals surface area (Å²) in [4.78, 5) is 0. The predicted octanol–water partition coefficient (Wildman–Crippen LogP) is 2.65. The predicted molar refractivity (Wildman–Crippen MR) is 83.2 cm³/mol. The van der Waals surface area contributed by atoms with Gasteiger partial charge in [0.25, 0.3) is 0 Å². The molecule has 21 heavy (non-hydrogen) atoms. The highest BCUT2D eigenvalue weighted by Gasteiger charge is 1.99. The first-order valence-electron chi connectivity index (χ1n) is 7.00. The van der Waals surface area contributed by atoms with Gasteiger partial charge in [0.05, 0.1) is 7.11 Å². The second-order valence-electron chi connectivity index (χ2n) is 4.56. The van der Waals surface area contributed by atoms with Crippen LogP contribution in [0.15, 0.2) is 48.5 Å². The molecule has 2 aromatic rings. The monoisotopic (exact) mass is 287 g/mol. The van der Waals surface area contributed by atoms with Crippen LogP contribution in [-0.2, 0) is 6.42 Å². The van der Waals surface area contributed by atoms with Gasteiger partial charge in [-0.25, -0.2) is 0 Å². The Morgan fingerprint density at radius 1 is 0.857 bits per heavy atom. The second kappa shape index (κ2) is 8.17. The summed E-state index contributed by atoms with van der Waals surface area (Å²) in [6.45, 7) is 1.61. The van der Waals surface area contributed by atoms with Crippen molar-refractivity contribution in [3.63, 3.8) is 0 Å². The van der Waals surface area contributed by atoms with Crippen molar-refractivity contribution in [3.8, 4) is 17.2 Å². The summed E-state index contributed by atoms with van der Waals surface area (Å²) in [6.07, 6.45) is 0.859. The third-order valence-electron chi connectivity index (χ3n) is 2.99. The molecule has 0 aliphatic heterocycles. The lowest BCUT2D eigenvalue weighted by molar-refractivity contribution is 0.216. The largest absolute Gasteiger partial charge is 0.497 e. The Morgan fingerprint density at radius 2 is 1.48 bits per heavy atom. The lowest BCUT2D eigenvalue weighted by atomic mass is 10.1. The number of rotatable bonds is 8. The van der Waals surface area contributed by atoms with Crippen molar-refractivity contribution in [3.05, 3.63) is 54.1 Å². The van der Waals surface area contributed by atoms with E-state index in [2.05, 4.69) is 0 Å². The molecule has 0 atom stereocenters. The first kappa shape index (κ1) is 15.2. The molecule has 0 amide bonds. The topological polar surface area (TPSA) is 53.7 Å². The van der Waals surface area contributed by atoms with Crippen LogP contribution < -0.4 is 19.9 Å². The molecule has 0 heterocycles. The molecule has 4 heteroatoms. The maximum Gasteiger partial charge on any atom is 0.123 e. The number of methoxy groups -OCH3 is 1. The van der Waals surface area contributed by atoms with Crippen molar-refractivity contribution in [2.45, 2.75) is 6.42 Å². The molecule has 0 fully saturated rings. The van der Waals surface area contributed by atoms with Gasteiger partial charge in [-0.2, -0.15) is 0 Å². The average molecular weight is 287 g/mol. The van der Waals surface area contributed by atoms with Crippen LogP contribution in [0.4, 0.5) is 0 Å². The molecule has 4 nitrogen and oxygen atoms in total. The average Bonchev–Trinajstić information content (AvgIpc) is 2.52. The fourth-order valence-electron chi connectivity index (χ4n) is 1.97. The van der Waals surface area contributed by atoms with Gasteiger partial charge in [0.15, 0.2) is 0 Å². The molecule has 0 saturated heterocycles. The van der Waals surface area contributed by atoms with Crippen LogP contribution in [0, 0.1) is 0 Å². The quantitative estimate of drug-likeness (QED) is 0.758. The van der Waals surface area contributed by atoms with E-state index in [-0.39, 0.29) is 0 Å². The summed E-state index contributed by atoms with van der Waals surface area (Å²) in [5.41, 5.74) is 6.73. The zero-order chi connectivity index (χ0) is 14.9. The van der Waals surface area contributed by atoms with Gasteiger partial charge in [0.2, 0.25) is 0 Å². The second-order valence-corrected chi connectivity index (χ2v) is 4.56. The molecule has 2 aromatic carbocycles. The molecule has 0 spiro atoms. The third-order valence-corrected chi connectivity index (χ3v) is 2.99. The van der Waals surface area contributed by atoms with Gasteiger partial charge in [0.1, 0.15) is 30.5 Å². The van der Waals surface area contributed by atoms with Gasteiger partial charge in [0, 0.05) is 6.07 Å². The molecule has 0 unspecified atom stereocenters. The minimum Gasteiger partial charge on any atom is -0.497 e. The zero-order valence-electron chi connectivity index (χ0n) is 12.2. The van der Waals surface area contributed by atoms with Gasteiger partial charge in [-0.05, 0) is 42.8 Å². The van der Waals surface area contributed by atoms with E-state index in [9.17, 15) is 0 Å². The Kier molecular flexibility index (Phi) is 5.91. The van der Waals surface area contributed by atoms with Crippen molar-refractivity contribution >= 4 is 0 Å². The smallest absolute Gasteiger partial charge is 0.123 e. The Morgan fingerprint density at radius 3 is 2.14 bits per heavy atom. The van der Waals surface area contributed by atoms with E-state index in [4.69, 9.17) is 19.9 Å². The zero-order valence-corrected chi connectivity index (χ0v) is 12.2. The molecule has 0 aliphatic carbocycles. The highest BCUT2D eigenvalue weighted by Crippen LogP contribution is 2.19. The van der Waals surface area contributed by atoms with E-state index in [1.165, 1.54) is 5.56 Å². The summed E-state index contributed by atoms with van der Waals surface area (Å²) in [5, 5.41) is 0. The first-order valence-corrected chi connectivity index (χ1v) is 7.00. The van der Waals surface area contributed by atoms with Crippen molar-refractivity contribution < 1.29 is 14.2 Å². The van der Waals surface area contributed by atoms with Crippen LogP contribution in [0.5, 0.6) is 17.2 Å². The normalized spacial score (nSPS) is 10.2. The van der Waals surface area contributed by atoms with Crippen molar-refractivity contribution in [2.24, 2.45) is 5.73 Å².